The summed E-state index contributed by atoms with van der Waals surface area (Å²) in [5, 5.41) is 0. The summed E-state index contributed by atoms with van der Waals surface area (Å²) in [4.78, 5) is 12.1. The van der Waals surface area contributed by atoms with Gasteiger partial charge in [-0.25, -0.2) is 0 Å². The van der Waals surface area contributed by atoms with Gasteiger partial charge in [0.1, 0.15) is 0 Å². The van der Waals surface area contributed by atoms with Crippen molar-refractivity contribution in [2.45, 2.75) is 6.92 Å². The van der Waals surface area contributed by atoms with E-state index in [2.05, 4.69) is 22.0 Å². The first-order valence-corrected chi connectivity index (χ1v) is 5.91. The number of ketones is 1. The molecule has 0 heterocycles. The summed E-state index contributed by atoms with van der Waals surface area (Å²) < 4.78 is 0.948. The van der Waals surface area contributed by atoms with Gasteiger partial charge in [-0.2, -0.15) is 0 Å². The van der Waals surface area contributed by atoms with Crippen molar-refractivity contribution >= 4 is 21.7 Å². The second-order valence-corrected chi connectivity index (χ2v) is 4.98. The minimum absolute atomic E-state index is 0.131. The lowest BCUT2D eigenvalue weighted by Crippen LogP contribution is -1.94. The number of benzene rings is 2. The zero-order chi connectivity index (χ0) is 11.3. The van der Waals surface area contributed by atoms with Crippen LogP contribution in [0.15, 0.2) is 40.9 Å². The van der Waals surface area contributed by atoms with E-state index in [9.17, 15) is 4.79 Å². The van der Waals surface area contributed by atoms with Gasteiger partial charge < -0.3 is 0 Å². The molecule has 0 unspecified atom stereocenters. The molecule has 0 amide bonds. The highest BCUT2D eigenvalue weighted by atomic mass is 79.9. The first-order chi connectivity index (χ1) is 7.66. The van der Waals surface area contributed by atoms with Crippen LogP contribution in [0, 0.1) is 6.92 Å². The Morgan fingerprint density at radius 1 is 0.875 bits per heavy atom. The molecule has 3 rings (SSSR count). The molecule has 0 bridgehead atoms. The van der Waals surface area contributed by atoms with Crippen molar-refractivity contribution in [2.75, 3.05) is 0 Å². The molecule has 16 heavy (non-hydrogen) atoms. The molecule has 0 saturated carbocycles. The van der Waals surface area contributed by atoms with Gasteiger partial charge in [0, 0.05) is 15.6 Å². The van der Waals surface area contributed by atoms with Crippen molar-refractivity contribution in [1.82, 2.24) is 0 Å². The fourth-order valence-electron chi connectivity index (χ4n) is 2.16. The molecular weight excluding hydrogens is 264 g/mol. The Labute approximate surface area is 102 Å². The number of hydrogen-bond acceptors (Lipinski definition) is 1. The molecule has 0 radical (unpaired) electrons. The highest BCUT2D eigenvalue weighted by molar-refractivity contribution is 9.10. The lowest BCUT2D eigenvalue weighted by molar-refractivity contribution is 0.104. The second kappa shape index (κ2) is 3.29. The van der Waals surface area contributed by atoms with Gasteiger partial charge in [0.15, 0.2) is 5.78 Å². The van der Waals surface area contributed by atoms with Crippen LogP contribution in [0.4, 0.5) is 0 Å². The molecule has 0 N–H and O–H groups in total. The lowest BCUT2D eigenvalue weighted by Gasteiger charge is -2.00. The van der Waals surface area contributed by atoms with Crippen LogP contribution in [0.25, 0.3) is 11.1 Å². The smallest absolute Gasteiger partial charge is 0.194 e. The van der Waals surface area contributed by atoms with Gasteiger partial charge in [0.05, 0.1) is 0 Å². The van der Waals surface area contributed by atoms with Gasteiger partial charge in [0.25, 0.3) is 0 Å². The molecule has 0 aromatic heterocycles. The first-order valence-electron chi connectivity index (χ1n) is 5.12. The van der Waals surface area contributed by atoms with Crippen molar-refractivity contribution in [1.29, 1.82) is 0 Å². The monoisotopic (exact) mass is 272 g/mol. The number of halogens is 1. The third-order valence-corrected chi connectivity index (χ3v) is 3.43. The Bertz CT molecular complexity index is 614. The molecule has 0 atom stereocenters. The molecule has 2 heteroatoms. The topological polar surface area (TPSA) is 17.1 Å². The fourth-order valence-corrected chi connectivity index (χ4v) is 2.52. The number of hydrogen-bond donors (Lipinski definition) is 0. The Balaban J connectivity index is 2.36. The predicted molar refractivity (Wildman–Crippen MR) is 67.7 cm³/mol. The molecule has 1 nitrogen and oxygen atoms in total. The Kier molecular flexibility index (Phi) is 2.01. The molecular formula is C14H9BrO. The van der Waals surface area contributed by atoms with Gasteiger partial charge in [-0.1, -0.05) is 45.8 Å². The molecule has 0 fully saturated rings. The Hall–Kier alpha value is -1.41. The number of fused-ring (bicyclic) bond motifs is 3. The van der Waals surface area contributed by atoms with Crippen molar-refractivity contribution in [3.63, 3.8) is 0 Å². The Morgan fingerprint density at radius 2 is 1.62 bits per heavy atom. The highest BCUT2D eigenvalue weighted by Crippen LogP contribution is 2.38. The van der Waals surface area contributed by atoms with E-state index in [0.717, 1.165) is 26.7 Å². The molecule has 2 aromatic carbocycles. The zero-order valence-electron chi connectivity index (χ0n) is 8.75. The van der Waals surface area contributed by atoms with Crippen LogP contribution in [0.3, 0.4) is 0 Å². The average Bonchev–Trinajstić information content (AvgIpc) is 2.52. The number of carbonyl (C=O) groups excluding carboxylic acids is 1. The van der Waals surface area contributed by atoms with E-state index in [4.69, 9.17) is 0 Å². The highest BCUT2D eigenvalue weighted by Gasteiger charge is 2.26. The van der Waals surface area contributed by atoms with Gasteiger partial charge >= 0.3 is 0 Å². The maximum Gasteiger partial charge on any atom is 0.194 e. The van der Waals surface area contributed by atoms with E-state index in [-0.39, 0.29) is 5.78 Å². The standard InChI is InChI=1S/C14H9BrO/c1-8-2-4-11-12(6-8)10-5-3-9(15)7-13(10)14(11)16/h2-7H,1H3. The summed E-state index contributed by atoms with van der Waals surface area (Å²) in [5.74, 6) is 0.131. The van der Waals surface area contributed by atoms with Crippen LogP contribution in [0.1, 0.15) is 21.5 Å². The molecule has 2 aromatic rings. The van der Waals surface area contributed by atoms with Crippen LogP contribution in [0.5, 0.6) is 0 Å². The quantitative estimate of drug-likeness (QED) is 0.605. The molecule has 0 spiro atoms. The minimum Gasteiger partial charge on any atom is -0.289 e. The lowest BCUT2D eigenvalue weighted by atomic mass is 10.0. The molecule has 1 aliphatic rings. The van der Waals surface area contributed by atoms with Crippen molar-refractivity contribution in [3.05, 3.63) is 57.6 Å². The van der Waals surface area contributed by atoms with Gasteiger partial charge in [-0.3, -0.25) is 4.79 Å². The second-order valence-electron chi connectivity index (χ2n) is 4.07. The van der Waals surface area contributed by atoms with Crippen molar-refractivity contribution in [2.24, 2.45) is 0 Å². The van der Waals surface area contributed by atoms with E-state index in [1.54, 1.807) is 0 Å². The summed E-state index contributed by atoms with van der Waals surface area (Å²) in [7, 11) is 0. The van der Waals surface area contributed by atoms with E-state index in [1.807, 2.05) is 37.3 Å². The van der Waals surface area contributed by atoms with E-state index < -0.39 is 0 Å². The summed E-state index contributed by atoms with van der Waals surface area (Å²) >= 11 is 3.40. The van der Waals surface area contributed by atoms with Gasteiger partial charge in [-0.05, 0) is 30.2 Å². The largest absolute Gasteiger partial charge is 0.289 e. The van der Waals surface area contributed by atoms with Crippen molar-refractivity contribution < 1.29 is 4.79 Å². The van der Waals surface area contributed by atoms with Crippen LogP contribution in [0.2, 0.25) is 0 Å². The van der Waals surface area contributed by atoms with Crippen LogP contribution < -0.4 is 0 Å². The van der Waals surface area contributed by atoms with Gasteiger partial charge in [0.2, 0.25) is 0 Å². The van der Waals surface area contributed by atoms with Crippen LogP contribution in [-0.2, 0) is 0 Å². The first kappa shape index (κ1) is 9.79. The minimum atomic E-state index is 0.131. The zero-order valence-corrected chi connectivity index (χ0v) is 10.3. The van der Waals surface area contributed by atoms with E-state index >= 15 is 0 Å². The molecule has 1 aliphatic carbocycles. The molecule has 78 valence electrons. The SMILES string of the molecule is Cc1ccc2c(c1)-c1ccc(Br)cc1C2=O. The third-order valence-electron chi connectivity index (χ3n) is 2.94. The van der Waals surface area contributed by atoms with Crippen LogP contribution in [-0.4, -0.2) is 5.78 Å². The number of aryl methyl sites for hydroxylation is 1. The van der Waals surface area contributed by atoms with Gasteiger partial charge in [-0.15, -0.1) is 0 Å². The molecule has 0 saturated heterocycles. The summed E-state index contributed by atoms with van der Waals surface area (Å²) in [6, 6.07) is 11.9. The predicted octanol–water partition coefficient (Wildman–Crippen LogP) is 3.97. The summed E-state index contributed by atoms with van der Waals surface area (Å²) in [6.07, 6.45) is 0. The Morgan fingerprint density at radius 3 is 2.44 bits per heavy atom. The normalized spacial score (nSPS) is 12.5. The molecule has 0 aliphatic heterocycles. The summed E-state index contributed by atoms with van der Waals surface area (Å²) in [6.45, 7) is 2.04. The fraction of sp³-hybridized carbons (Fsp3) is 0.0714. The van der Waals surface area contributed by atoms with E-state index in [0.29, 0.717) is 0 Å². The maximum absolute atomic E-state index is 12.1. The third kappa shape index (κ3) is 1.26. The summed E-state index contributed by atoms with van der Waals surface area (Å²) in [5.41, 5.74) is 4.91. The number of rotatable bonds is 0. The maximum atomic E-state index is 12.1. The van der Waals surface area contributed by atoms with Crippen LogP contribution >= 0.6 is 15.9 Å². The number of carbonyl (C=O) groups is 1. The van der Waals surface area contributed by atoms with E-state index in [1.165, 1.54) is 5.56 Å². The van der Waals surface area contributed by atoms with Crippen molar-refractivity contribution in [3.8, 4) is 11.1 Å². The average molecular weight is 273 g/mol.